The maximum absolute atomic E-state index is 12.7. The molecule has 4 heterocycles. The zero-order valence-corrected chi connectivity index (χ0v) is 18.0. The maximum atomic E-state index is 12.7. The van der Waals surface area contributed by atoms with Gasteiger partial charge in [-0.15, -0.1) is 22.7 Å². The minimum Gasteiger partial charge on any atom is -0.455 e. The molecule has 1 aliphatic rings. The third-order valence-corrected chi connectivity index (χ3v) is 6.99. The Bertz CT molecular complexity index is 1180. The second-order valence-corrected chi connectivity index (χ2v) is 8.62. The molecule has 8 nitrogen and oxygen atoms in total. The number of thiophene rings is 1. The van der Waals surface area contributed by atoms with E-state index in [4.69, 9.17) is 4.74 Å². The fourth-order valence-electron chi connectivity index (χ4n) is 3.45. The van der Waals surface area contributed by atoms with Crippen LogP contribution < -0.4 is 10.5 Å². The van der Waals surface area contributed by atoms with Gasteiger partial charge in [0, 0.05) is 31.8 Å². The lowest BCUT2D eigenvalue weighted by Crippen LogP contribution is -2.27. The van der Waals surface area contributed by atoms with Crippen molar-refractivity contribution >= 4 is 49.9 Å². The number of carbonyl (C=O) groups excluding carboxylic acids is 2. The van der Waals surface area contributed by atoms with Crippen molar-refractivity contribution < 1.29 is 14.3 Å². The SMILES string of the molecule is CCN(C(C)=O)c1nc(COC(=O)c2sc3nc4n(c(=O)c3c2C)CCC4)cs1. The Morgan fingerprint density at radius 1 is 1.34 bits per heavy atom. The van der Waals surface area contributed by atoms with Crippen molar-refractivity contribution in [3.8, 4) is 0 Å². The first-order valence-corrected chi connectivity index (χ1v) is 11.0. The molecule has 0 aliphatic carbocycles. The van der Waals surface area contributed by atoms with E-state index in [1.165, 1.54) is 29.6 Å². The van der Waals surface area contributed by atoms with E-state index in [0.29, 0.717) is 44.6 Å². The summed E-state index contributed by atoms with van der Waals surface area (Å²) in [6.07, 6.45) is 1.70. The first-order chi connectivity index (χ1) is 13.9. The largest absolute Gasteiger partial charge is 0.455 e. The van der Waals surface area contributed by atoms with Gasteiger partial charge in [-0.05, 0) is 25.8 Å². The first kappa shape index (κ1) is 19.7. The molecule has 0 fully saturated rings. The van der Waals surface area contributed by atoms with Crippen molar-refractivity contribution in [3.05, 3.63) is 37.7 Å². The molecule has 3 aromatic heterocycles. The summed E-state index contributed by atoms with van der Waals surface area (Å²) in [5, 5.41) is 2.85. The Morgan fingerprint density at radius 3 is 2.86 bits per heavy atom. The molecule has 152 valence electrons. The highest BCUT2D eigenvalue weighted by molar-refractivity contribution is 7.20. The van der Waals surface area contributed by atoms with Gasteiger partial charge in [0.2, 0.25) is 5.91 Å². The van der Waals surface area contributed by atoms with Crippen LogP contribution in [0.15, 0.2) is 10.2 Å². The highest BCUT2D eigenvalue weighted by Crippen LogP contribution is 2.29. The average Bonchev–Trinajstić information content (AvgIpc) is 3.40. The van der Waals surface area contributed by atoms with Gasteiger partial charge in [-0.25, -0.2) is 14.8 Å². The number of thiazole rings is 1. The van der Waals surface area contributed by atoms with Crippen LogP contribution >= 0.6 is 22.7 Å². The van der Waals surface area contributed by atoms with Gasteiger partial charge in [0.25, 0.3) is 5.56 Å². The summed E-state index contributed by atoms with van der Waals surface area (Å²) >= 11 is 2.53. The summed E-state index contributed by atoms with van der Waals surface area (Å²) in [6.45, 7) is 6.32. The van der Waals surface area contributed by atoms with Crippen LogP contribution in [0.5, 0.6) is 0 Å². The molecule has 0 spiro atoms. The fraction of sp³-hybridized carbons (Fsp3) is 0.421. The zero-order valence-electron chi connectivity index (χ0n) is 16.4. The number of hydrogen-bond acceptors (Lipinski definition) is 8. The minimum atomic E-state index is -0.497. The molecule has 0 atom stereocenters. The molecule has 29 heavy (non-hydrogen) atoms. The van der Waals surface area contributed by atoms with Gasteiger partial charge in [0.15, 0.2) is 5.13 Å². The molecule has 10 heteroatoms. The number of hydrogen-bond donors (Lipinski definition) is 0. The van der Waals surface area contributed by atoms with E-state index in [2.05, 4.69) is 9.97 Å². The van der Waals surface area contributed by atoms with Crippen molar-refractivity contribution in [2.45, 2.75) is 46.8 Å². The average molecular weight is 433 g/mol. The molecule has 0 unspecified atom stereocenters. The zero-order chi connectivity index (χ0) is 20.7. The van der Waals surface area contributed by atoms with E-state index in [9.17, 15) is 14.4 Å². The van der Waals surface area contributed by atoms with E-state index in [0.717, 1.165) is 18.7 Å². The lowest BCUT2D eigenvalue weighted by Gasteiger charge is -2.14. The number of carbonyl (C=O) groups is 2. The number of rotatable bonds is 5. The number of esters is 1. The van der Waals surface area contributed by atoms with Crippen molar-refractivity contribution in [1.29, 1.82) is 0 Å². The van der Waals surface area contributed by atoms with Crippen LogP contribution in [0.3, 0.4) is 0 Å². The van der Waals surface area contributed by atoms with Gasteiger partial charge >= 0.3 is 5.97 Å². The van der Waals surface area contributed by atoms with Crippen LogP contribution in [0.25, 0.3) is 10.2 Å². The summed E-state index contributed by atoms with van der Waals surface area (Å²) in [4.78, 5) is 48.5. The Labute approximate surface area is 174 Å². The molecule has 0 bridgehead atoms. The monoisotopic (exact) mass is 432 g/mol. The van der Waals surface area contributed by atoms with Crippen LogP contribution in [0, 0.1) is 6.92 Å². The molecular formula is C19H20N4O4S2. The van der Waals surface area contributed by atoms with Crippen molar-refractivity contribution in [2.75, 3.05) is 11.4 Å². The number of anilines is 1. The first-order valence-electron chi connectivity index (χ1n) is 9.33. The van der Waals surface area contributed by atoms with Gasteiger partial charge < -0.3 is 4.74 Å². The van der Waals surface area contributed by atoms with E-state index in [1.807, 2.05) is 6.92 Å². The highest BCUT2D eigenvalue weighted by Gasteiger charge is 2.24. The predicted octanol–water partition coefficient (Wildman–Crippen LogP) is 2.90. The molecule has 0 N–H and O–H groups in total. The number of fused-ring (bicyclic) bond motifs is 2. The second kappa shape index (κ2) is 7.68. The van der Waals surface area contributed by atoms with Crippen molar-refractivity contribution in [2.24, 2.45) is 0 Å². The Balaban J connectivity index is 1.54. The number of aromatic nitrogens is 3. The van der Waals surface area contributed by atoms with Gasteiger partial charge in [0.05, 0.1) is 11.1 Å². The normalized spacial score (nSPS) is 12.9. The van der Waals surface area contributed by atoms with Crippen LogP contribution in [0.2, 0.25) is 0 Å². The summed E-state index contributed by atoms with van der Waals surface area (Å²) in [6, 6.07) is 0. The van der Waals surface area contributed by atoms with E-state index in [1.54, 1.807) is 21.8 Å². The Morgan fingerprint density at radius 2 is 2.14 bits per heavy atom. The lowest BCUT2D eigenvalue weighted by atomic mass is 10.2. The third-order valence-electron chi connectivity index (χ3n) is 4.91. The Kier molecular flexibility index (Phi) is 5.22. The maximum Gasteiger partial charge on any atom is 0.349 e. The van der Waals surface area contributed by atoms with Crippen LogP contribution in [-0.4, -0.2) is 33.0 Å². The summed E-state index contributed by atoms with van der Waals surface area (Å²) < 4.78 is 7.12. The van der Waals surface area contributed by atoms with Gasteiger partial charge in [-0.3, -0.25) is 19.1 Å². The van der Waals surface area contributed by atoms with Crippen molar-refractivity contribution in [3.63, 3.8) is 0 Å². The van der Waals surface area contributed by atoms with Crippen LogP contribution in [-0.2, 0) is 29.1 Å². The lowest BCUT2D eigenvalue weighted by molar-refractivity contribution is -0.116. The van der Waals surface area contributed by atoms with E-state index < -0.39 is 5.97 Å². The molecule has 0 saturated heterocycles. The molecule has 4 rings (SSSR count). The van der Waals surface area contributed by atoms with Gasteiger partial charge in [0.1, 0.15) is 22.1 Å². The van der Waals surface area contributed by atoms with E-state index in [-0.39, 0.29) is 18.1 Å². The summed E-state index contributed by atoms with van der Waals surface area (Å²) in [5.41, 5.74) is 1.11. The molecular weight excluding hydrogens is 412 g/mol. The smallest absolute Gasteiger partial charge is 0.349 e. The molecule has 3 aromatic rings. The fourth-order valence-corrected chi connectivity index (χ4v) is 5.46. The molecule has 1 aliphatic heterocycles. The van der Waals surface area contributed by atoms with Crippen LogP contribution in [0.1, 0.15) is 47.0 Å². The van der Waals surface area contributed by atoms with E-state index >= 15 is 0 Å². The van der Waals surface area contributed by atoms with Crippen molar-refractivity contribution in [1.82, 2.24) is 14.5 Å². The molecule has 1 amide bonds. The second-order valence-electron chi connectivity index (χ2n) is 6.79. The predicted molar refractivity (Wildman–Crippen MR) is 112 cm³/mol. The topological polar surface area (TPSA) is 94.4 Å². The standard InChI is InChI=1S/C19H20N4O4S2/c1-4-22(11(3)24)19-20-12(9-28-19)8-27-18(26)15-10(2)14-16(29-15)21-13-6-5-7-23(13)17(14)25/h9H,4-8H2,1-3H3. The summed E-state index contributed by atoms with van der Waals surface area (Å²) in [7, 11) is 0. The molecule has 0 saturated carbocycles. The molecule has 0 aromatic carbocycles. The van der Waals surface area contributed by atoms with Gasteiger partial charge in [-0.1, -0.05) is 0 Å². The minimum absolute atomic E-state index is 0.00138. The number of ether oxygens (including phenoxy) is 1. The number of aryl methyl sites for hydroxylation is 2. The Hall–Kier alpha value is -2.59. The number of amides is 1. The molecule has 0 radical (unpaired) electrons. The van der Waals surface area contributed by atoms with Crippen LogP contribution in [0.4, 0.5) is 5.13 Å². The highest BCUT2D eigenvalue weighted by atomic mass is 32.1. The van der Waals surface area contributed by atoms with Gasteiger partial charge in [-0.2, -0.15) is 0 Å². The quantitative estimate of drug-likeness (QED) is 0.576. The third kappa shape index (κ3) is 3.46. The summed E-state index contributed by atoms with van der Waals surface area (Å²) in [5.74, 6) is 0.199. The number of nitrogens with zero attached hydrogens (tertiary/aromatic N) is 4.